The van der Waals surface area contributed by atoms with Crippen molar-refractivity contribution in [1.29, 1.82) is 0 Å². The number of nitrogen functional groups attached to an aromatic ring is 1. The first-order valence-corrected chi connectivity index (χ1v) is 25.1. The molecular weight excluding hydrogens is 873 g/mol. The molecule has 0 spiro atoms. The summed E-state index contributed by atoms with van der Waals surface area (Å²) in [6, 6.07) is 3.06. The van der Waals surface area contributed by atoms with Crippen molar-refractivity contribution in [2.45, 2.75) is 175 Å². The molecule has 61 heavy (non-hydrogen) atoms. The summed E-state index contributed by atoms with van der Waals surface area (Å²) in [5.41, 5.74) is 3.82. The van der Waals surface area contributed by atoms with E-state index in [4.69, 9.17) is 10.5 Å². The molecule has 4 aliphatic heterocycles. The lowest BCUT2D eigenvalue weighted by Crippen LogP contribution is -2.30. The number of hydrogen-bond acceptors (Lipinski definition) is 12. The molecule has 0 radical (unpaired) electrons. The standard InChI is InChI=1S/C14H20FN3O2S.C11H16FN3OS.C9H15FO2S.C8H15FS/c1-4-9-8(3)12(15)13(21-9)18-7-6-10(17-14(18)20)16-11(19)5-2;1-3-7-6(2)9(12)10(17-7)15-5-4-8(13)14-11(15)16;1-4-7-5(2)8(10)9(13-7)12-6(3)11;1-4-7-5(2)8(9)6(3)10-7/h6-9,12-13H,4-5H2,1-3H3,(H,16,17,19,20);4-7,9-10H,3H2,1-2H3,(H2,13,14,16);5,7-9H,4H2,1-3H3;5-8H,4H2,1-3H3/t8-,9-,12+,13-;6-,7-,9+,10-;5-,7-,8+,9?;5-,6?,7-,8+/m1111/s1. The predicted molar refractivity (Wildman–Crippen MR) is 246 cm³/mol. The summed E-state index contributed by atoms with van der Waals surface area (Å²) in [6.07, 6.45) is 3.47. The molecule has 19 heteroatoms. The van der Waals surface area contributed by atoms with E-state index in [2.05, 4.69) is 22.2 Å². The second-order valence-corrected chi connectivity index (χ2v) is 21.6. The van der Waals surface area contributed by atoms with Gasteiger partial charge in [-0.2, -0.15) is 21.7 Å². The zero-order valence-corrected chi connectivity index (χ0v) is 40.4. The Balaban J connectivity index is 0.000000225. The number of amides is 1. The van der Waals surface area contributed by atoms with Crippen molar-refractivity contribution in [1.82, 2.24) is 19.1 Å². The van der Waals surface area contributed by atoms with Gasteiger partial charge in [0.2, 0.25) is 5.91 Å². The molecule has 3 N–H and O–H groups in total. The molecule has 4 aliphatic rings. The van der Waals surface area contributed by atoms with Crippen molar-refractivity contribution < 1.29 is 31.9 Å². The molecule has 0 aliphatic carbocycles. The molecule has 0 aromatic carbocycles. The molecule has 4 fully saturated rings. The number of halogens is 4. The van der Waals surface area contributed by atoms with Gasteiger partial charge in [-0.15, -0.1) is 35.3 Å². The average Bonchev–Trinajstić information content (AvgIpc) is 3.87. The summed E-state index contributed by atoms with van der Waals surface area (Å²) in [5, 5.41) is 3.02. The van der Waals surface area contributed by atoms with Crippen LogP contribution in [0.3, 0.4) is 0 Å². The minimum absolute atomic E-state index is 0.0145. The number of thioether (sulfide) groups is 4. The maximum absolute atomic E-state index is 14.4. The van der Waals surface area contributed by atoms with Crippen LogP contribution in [0.1, 0.15) is 119 Å². The van der Waals surface area contributed by atoms with E-state index in [0.717, 1.165) is 25.7 Å². The predicted octanol–water partition coefficient (Wildman–Crippen LogP) is 9.66. The van der Waals surface area contributed by atoms with E-state index < -0.39 is 58.2 Å². The van der Waals surface area contributed by atoms with Crippen LogP contribution in [0, 0.1) is 23.7 Å². The number of carbonyl (C=O) groups excluding carboxylic acids is 2. The van der Waals surface area contributed by atoms with Crippen LogP contribution in [0.2, 0.25) is 0 Å². The van der Waals surface area contributed by atoms with Gasteiger partial charge in [-0.25, -0.2) is 27.2 Å². The van der Waals surface area contributed by atoms with Crippen LogP contribution in [0.25, 0.3) is 0 Å². The monoisotopic (exact) mass is 938 g/mol. The number of hydrogen-bond donors (Lipinski definition) is 2. The van der Waals surface area contributed by atoms with E-state index in [1.54, 1.807) is 18.7 Å². The van der Waals surface area contributed by atoms with Gasteiger partial charge in [-0.1, -0.05) is 69.2 Å². The van der Waals surface area contributed by atoms with E-state index in [-0.39, 0.29) is 62.2 Å². The summed E-state index contributed by atoms with van der Waals surface area (Å²) >= 11 is 6.23. The van der Waals surface area contributed by atoms with E-state index in [9.17, 15) is 36.7 Å². The topological polar surface area (TPSA) is 151 Å². The second kappa shape index (κ2) is 24.6. The Kier molecular flexibility index (Phi) is 21.4. The number of anilines is 2. The van der Waals surface area contributed by atoms with Crippen LogP contribution in [0.4, 0.5) is 29.2 Å². The number of nitrogens with two attached hydrogens (primary N) is 1. The Bertz CT molecular complexity index is 1830. The molecule has 1 amide bonds. The molecule has 2 unspecified atom stereocenters. The maximum Gasteiger partial charge on any atom is 0.350 e. The number of nitrogens with zero attached hydrogens (tertiary/aromatic N) is 4. The maximum atomic E-state index is 14.4. The van der Waals surface area contributed by atoms with Crippen molar-refractivity contribution in [3.63, 3.8) is 0 Å². The minimum atomic E-state index is -1.07. The first-order valence-electron chi connectivity index (χ1n) is 21.3. The van der Waals surface area contributed by atoms with Crippen LogP contribution in [-0.4, -0.2) is 87.4 Å². The van der Waals surface area contributed by atoms with Crippen molar-refractivity contribution in [2.24, 2.45) is 23.7 Å². The molecule has 2 aromatic heterocycles. The van der Waals surface area contributed by atoms with Crippen molar-refractivity contribution in [3.8, 4) is 0 Å². The summed E-state index contributed by atoms with van der Waals surface area (Å²) in [5.74, 6) is -0.103. The Morgan fingerprint density at radius 3 is 1.46 bits per heavy atom. The van der Waals surface area contributed by atoms with Crippen molar-refractivity contribution >= 4 is 70.6 Å². The molecule has 6 rings (SSSR count). The molecule has 4 saturated heterocycles. The third kappa shape index (κ3) is 13.8. The van der Waals surface area contributed by atoms with Crippen LogP contribution in [-0.2, 0) is 14.3 Å². The highest BCUT2D eigenvalue weighted by molar-refractivity contribution is 8.01. The molecule has 0 bridgehead atoms. The number of carbonyl (C=O) groups is 2. The van der Waals surface area contributed by atoms with Crippen LogP contribution in [0.5, 0.6) is 0 Å². The van der Waals surface area contributed by atoms with Gasteiger partial charge in [0.25, 0.3) is 0 Å². The molecule has 346 valence electrons. The van der Waals surface area contributed by atoms with Gasteiger partial charge < -0.3 is 15.8 Å². The smallest absolute Gasteiger partial charge is 0.350 e. The number of aromatic nitrogens is 4. The molecule has 6 heterocycles. The fourth-order valence-corrected chi connectivity index (χ4v) is 14.1. The Morgan fingerprint density at radius 2 is 1.10 bits per heavy atom. The lowest BCUT2D eigenvalue weighted by atomic mass is 9.99. The van der Waals surface area contributed by atoms with E-state index in [1.165, 1.54) is 75.9 Å². The minimum Gasteiger partial charge on any atom is -0.448 e. The largest absolute Gasteiger partial charge is 0.448 e. The summed E-state index contributed by atoms with van der Waals surface area (Å²) in [6.45, 7) is 20.9. The third-order valence-electron chi connectivity index (χ3n) is 11.6. The van der Waals surface area contributed by atoms with E-state index >= 15 is 0 Å². The number of rotatable bonds is 9. The van der Waals surface area contributed by atoms with Crippen LogP contribution < -0.4 is 22.4 Å². The number of ether oxygens (including phenoxy) is 1. The quantitative estimate of drug-likeness (QED) is 0.182. The van der Waals surface area contributed by atoms with Crippen molar-refractivity contribution in [2.75, 3.05) is 11.1 Å². The van der Waals surface area contributed by atoms with E-state index in [1.807, 2.05) is 55.4 Å². The number of nitrogens with one attached hydrogen (secondary N) is 1. The highest BCUT2D eigenvalue weighted by Crippen LogP contribution is 2.49. The Hall–Kier alpha value is -2.38. The molecule has 16 atom stereocenters. The molecule has 0 saturated carbocycles. The SMILES string of the molecule is CCC(=O)Nc1ccn([C@@H]2S[C@H](CC)[C@@H](C)[C@@H]2F)c(=O)n1.CC[C@H]1SC(C)[C@@H](F)[C@@H]1C.CC[C@H]1SC(OC(C)=O)[C@@H](F)[C@@H]1C.CC[C@H]1S[C@@H](n2ccc(N)nc2=O)[C@@H](F)[C@@H]1C. The summed E-state index contributed by atoms with van der Waals surface area (Å²) < 4.78 is 62.7. The van der Waals surface area contributed by atoms with Gasteiger partial charge in [0, 0.05) is 75.7 Å². The van der Waals surface area contributed by atoms with Gasteiger partial charge >= 0.3 is 17.3 Å². The highest BCUT2D eigenvalue weighted by Gasteiger charge is 2.44. The van der Waals surface area contributed by atoms with Gasteiger partial charge in [-0.3, -0.25) is 18.7 Å². The second-order valence-electron chi connectivity index (χ2n) is 16.0. The normalized spacial score (nSPS) is 35.2. The van der Waals surface area contributed by atoms with Gasteiger partial charge in [-0.05, 0) is 37.8 Å². The van der Waals surface area contributed by atoms with E-state index in [0.29, 0.717) is 11.7 Å². The fraction of sp³-hybridized carbons (Fsp3) is 0.762. The summed E-state index contributed by atoms with van der Waals surface area (Å²) in [4.78, 5) is 53.1. The molecule has 11 nitrogen and oxygen atoms in total. The number of alkyl halides is 4. The number of esters is 1. The third-order valence-corrected chi connectivity index (χ3v) is 18.9. The van der Waals surface area contributed by atoms with Crippen LogP contribution in [0.15, 0.2) is 34.1 Å². The highest BCUT2D eigenvalue weighted by atomic mass is 32.2. The molecular formula is C42H66F4N6O5S4. The van der Waals surface area contributed by atoms with Crippen molar-refractivity contribution in [3.05, 3.63) is 45.5 Å². The van der Waals surface area contributed by atoms with Gasteiger partial charge in [0.15, 0.2) is 11.6 Å². The average molecular weight is 939 g/mol. The first-order chi connectivity index (χ1) is 28.7. The zero-order valence-electron chi connectivity index (χ0n) is 37.1. The summed E-state index contributed by atoms with van der Waals surface area (Å²) in [7, 11) is 0. The fourth-order valence-electron chi connectivity index (χ4n) is 7.71. The van der Waals surface area contributed by atoms with Gasteiger partial charge in [0.05, 0.1) is 0 Å². The Morgan fingerprint density at radius 1 is 0.672 bits per heavy atom. The van der Waals surface area contributed by atoms with Crippen LogP contribution >= 0.6 is 47.0 Å². The van der Waals surface area contributed by atoms with Gasteiger partial charge in [0.1, 0.15) is 40.9 Å². The zero-order chi connectivity index (χ0) is 45.9. The molecule has 2 aromatic rings. The lowest BCUT2D eigenvalue weighted by Gasteiger charge is -2.16. The Labute approximate surface area is 375 Å². The first kappa shape index (κ1) is 53.0. The lowest BCUT2D eigenvalue weighted by molar-refractivity contribution is -0.144.